The molecule has 0 aromatic rings. The van der Waals surface area contributed by atoms with Crippen LogP contribution in [0.2, 0.25) is 0 Å². The molecule has 0 aliphatic carbocycles. The topological polar surface area (TPSA) is 18.5 Å². The van der Waals surface area contributed by atoms with Crippen molar-refractivity contribution >= 4 is 0 Å². The Hall–Kier alpha value is -1.02. The Labute approximate surface area is 80.5 Å². The summed E-state index contributed by atoms with van der Waals surface area (Å²) in [5.74, 6) is 0.814. The molecule has 0 heterocycles. The molecule has 0 aliphatic heterocycles. The molecule has 0 fully saturated rings. The summed E-state index contributed by atoms with van der Waals surface area (Å²) >= 11 is 0. The molecule has 0 aliphatic rings. The second-order valence-corrected chi connectivity index (χ2v) is 2.35. The van der Waals surface area contributed by atoms with E-state index in [1.165, 1.54) is 0 Å². The first-order valence-corrected chi connectivity index (χ1v) is 4.51. The molecule has 0 saturated heterocycles. The molecule has 13 heavy (non-hydrogen) atoms. The second-order valence-electron chi connectivity index (χ2n) is 2.35. The van der Waals surface area contributed by atoms with E-state index in [1.807, 2.05) is 51.2 Å². The Kier molecular flexibility index (Phi) is 8.36. The molecule has 0 saturated carbocycles. The third-order valence-corrected chi connectivity index (χ3v) is 1.30. The van der Waals surface area contributed by atoms with E-state index in [0.717, 1.165) is 5.76 Å². The highest BCUT2D eigenvalue weighted by atomic mass is 16.7. The van der Waals surface area contributed by atoms with Crippen LogP contribution in [-0.4, -0.2) is 13.4 Å². The lowest BCUT2D eigenvalue weighted by atomic mass is 10.4. The maximum absolute atomic E-state index is 5.33. The number of allylic oxidation sites excluding steroid dienone is 5. The van der Waals surface area contributed by atoms with Crippen molar-refractivity contribution in [1.82, 2.24) is 0 Å². The van der Waals surface area contributed by atoms with Gasteiger partial charge in [-0.25, -0.2) is 0 Å². The summed E-state index contributed by atoms with van der Waals surface area (Å²) in [5.41, 5.74) is 0. The molecule has 74 valence electrons. The Balaban J connectivity index is 3.94. The maximum Gasteiger partial charge on any atom is 0.189 e. The number of hydrogen-bond donors (Lipinski definition) is 0. The molecule has 0 spiro atoms. The average Bonchev–Trinajstić information content (AvgIpc) is 2.14. The van der Waals surface area contributed by atoms with Crippen molar-refractivity contribution in [2.75, 3.05) is 13.4 Å². The molecule has 0 rings (SSSR count). The minimum Gasteiger partial charge on any atom is -0.468 e. The first kappa shape index (κ1) is 12.0. The molecule has 0 unspecified atom stereocenters. The van der Waals surface area contributed by atoms with Crippen molar-refractivity contribution in [1.29, 1.82) is 0 Å². The molecule has 0 aromatic heterocycles. The van der Waals surface area contributed by atoms with Crippen LogP contribution in [0, 0.1) is 0 Å². The Morgan fingerprint density at radius 2 is 2.00 bits per heavy atom. The van der Waals surface area contributed by atoms with E-state index < -0.39 is 0 Å². The van der Waals surface area contributed by atoms with Gasteiger partial charge in [0.1, 0.15) is 5.76 Å². The first-order valence-electron chi connectivity index (χ1n) is 4.51. The van der Waals surface area contributed by atoms with Crippen LogP contribution in [-0.2, 0) is 9.47 Å². The van der Waals surface area contributed by atoms with Gasteiger partial charge in [-0.15, -0.1) is 0 Å². The predicted molar refractivity (Wildman–Crippen MR) is 55.3 cm³/mol. The molecule has 0 aromatic carbocycles. The third-order valence-electron chi connectivity index (χ3n) is 1.30. The molecular formula is C11H18O2. The lowest BCUT2D eigenvalue weighted by Gasteiger charge is -2.05. The van der Waals surface area contributed by atoms with Crippen molar-refractivity contribution in [3.63, 3.8) is 0 Å². The normalized spacial score (nSPS) is 13.0. The fourth-order valence-corrected chi connectivity index (χ4v) is 0.700. The molecule has 2 heteroatoms. The summed E-state index contributed by atoms with van der Waals surface area (Å²) in [6, 6.07) is 0. The minimum absolute atomic E-state index is 0.310. The van der Waals surface area contributed by atoms with Gasteiger partial charge in [0.15, 0.2) is 6.79 Å². The molecular weight excluding hydrogens is 164 g/mol. The van der Waals surface area contributed by atoms with Crippen molar-refractivity contribution < 1.29 is 9.47 Å². The average molecular weight is 182 g/mol. The Morgan fingerprint density at radius 3 is 2.54 bits per heavy atom. The highest BCUT2D eigenvalue weighted by Crippen LogP contribution is 2.00. The SMILES string of the molecule is C\C=C/C=C(\C=C/C)OCOCC. The minimum atomic E-state index is 0.310. The van der Waals surface area contributed by atoms with Gasteiger partial charge in [0.2, 0.25) is 0 Å². The summed E-state index contributed by atoms with van der Waals surface area (Å²) in [6.07, 6.45) is 9.62. The van der Waals surface area contributed by atoms with Gasteiger partial charge in [-0.1, -0.05) is 18.2 Å². The second kappa shape index (κ2) is 9.07. The van der Waals surface area contributed by atoms with E-state index in [4.69, 9.17) is 9.47 Å². The van der Waals surface area contributed by atoms with E-state index in [9.17, 15) is 0 Å². The third kappa shape index (κ3) is 7.34. The monoisotopic (exact) mass is 182 g/mol. The highest BCUT2D eigenvalue weighted by Gasteiger charge is 1.89. The lowest BCUT2D eigenvalue weighted by molar-refractivity contribution is -0.0136. The van der Waals surface area contributed by atoms with Gasteiger partial charge in [0.25, 0.3) is 0 Å². The van der Waals surface area contributed by atoms with Crippen molar-refractivity contribution in [2.45, 2.75) is 20.8 Å². The molecule has 0 atom stereocenters. The standard InChI is InChI=1S/C11H18O2/c1-4-7-9-11(8-5-2)13-10-12-6-3/h4-5,7-9H,6,10H2,1-3H3/b7-4-,8-5-,11-9+. The Bertz CT molecular complexity index is 190. The van der Waals surface area contributed by atoms with Gasteiger partial charge in [-0.3, -0.25) is 0 Å². The van der Waals surface area contributed by atoms with E-state index in [2.05, 4.69) is 0 Å². The van der Waals surface area contributed by atoms with Gasteiger partial charge in [-0.2, -0.15) is 0 Å². The summed E-state index contributed by atoms with van der Waals surface area (Å²) in [7, 11) is 0. The summed E-state index contributed by atoms with van der Waals surface area (Å²) in [6.45, 7) is 6.84. The largest absolute Gasteiger partial charge is 0.468 e. The molecule has 0 radical (unpaired) electrons. The molecule has 2 nitrogen and oxygen atoms in total. The van der Waals surface area contributed by atoms with Crippen LogP contribution in [0.15, 0.2) is 36.1 Å². The predicted octanol–water partition coefficient (Wildman–Crippen LogP) is 3.03. The van der Waals surface area contributed by atoms with Crippen LogP contribution >= 0.6 is 0 Å². The fourth-order valence-electron chi connectivity index (χ4n) is 0.700. The molecule has 0 N–H and O–H groups in total. The van der Waals surface area contributed by atoms with E-state index >= 15 is 0 Å². The highest BCUT2D eigenvalue weighted by molar-refractivity contribution is 5.17. The smallest absolute Gasteiger partial charge is 0.189 e. The quantitative estimate of drug-likeness (QED) is 0.272. The molecule has 0 bridgehead atoms. The van der Waals surface area contributed by atoms with Crippen LogP contribution < -0.4 is 0 Å². The van der Waals surface area contributed by atoms with Crippen LogP contribution in [0.4, 0.5) is 0 Å². The van der Waals surface area contributed by atoms with Gasteiger partial charge in [0, 0.05) is 6.61 Å². The maximum atomic E-state index is 5.33. The van der Waals surface area contributed by atoms with Crippen molar-refractivity contribution in [3.8, 4) is 0 Å². The summed E-state index contributed by atoms with van der Waals surface area (Å²) < 4.78 is 10.4. The van der Waals surface area contributed by atoms with Crippen LogP contribution in [0.3, 0.4) is 0 Å². The van der Waals surface area contributed by atoms with Gasteiger partial charge < -0.3 is 9.47 Å². The molecule has 0 amide bonds. The first-order chi connectivity index (χ1) is 6.35. The van der Waals surface area contributed by atoms with Crippen molar-refractivity contribution in [3.05, 3.63) is 36.1 Å². The number of ether oxygens (including phenoxy) is 2. The summed E-state index contributed by atoms with van der Waals surface area (Å²) in [4.78, 5) is 0. The zero-order valence-electron chi connectivity index (χ0n) is 8.62. The van der Waals surface area contributed by atoms with Crippen LogP contribution in [0.1, 0.15) is 20.8 Å². The van der Waals surface area contributed by atoms with Crippen LogP contribution in [0.5, 0.6) is 0 Å². The number of rotatable bonds is 6. The van der Waals surface area contributed by atoms with E-state index in [1.54, 1.807) is 0 Å². The van der Waals surface area contributed by atoms with Crippen LogP contribution in [0.25, 0.3) is 0 Å². The fraction of sp³-hybridized carbons (Fsp3) is 0.455. The Morgan fingerprint density at radius 1 is 1.23 bits per heavy atom. The summed E-state index contributed by atoms with van der Waals surface area (Å²) in [5, 5.41) is 0. The lowest BCUT2D eigenvalue weighted by Crippen LogP contribution is -1.97. The zero-order chi connectivity index (χ0) is 9.94. The zero-order valence-corrected chi connectivity index (χ0v) is 8.62. The van der Waals surface area contributed by atoms with Crippen molar-refractivity contribution in [2.24, 2.45) is 0 Å². The van der Waals surface area contributed by atoms with Gasteiger partial charge >= 0.3 is 0 Å². The van der Waals surface area contributed by atoms with E-state index in [0.29, 0.717) is 13.4 Å². The number of hydrogen-bond acceptors (Lipinski definition) is 2. The van der Waals surface area contributed by atoms with E-state index in [-0.39, 0.29) is 0 Å². The van der Waals surface area contributed by atoms with Gasteiger partial charge in [-0.05, 0) is 32.9 Å². The van der Waals surface area contributed by atoms with Gasteiger partial charge in [0.05, 0.1) is 0 Å².